The number of hydrogen-bond donors (Lipinski definition) is 1. The Morgan fingerprint density at radius 1 is 1.30 bits per heavy atom. The van der Waals surface area contributed by atoms with Crippen LogP contribution in [0.2, 0.25) is 0 Å². The molecule has 1 amide bonds. The Hall–Kier alpha value is -1.05. The van der Waals surface area contributed by atoms with Gasteiger partial charge in [-0.15, -0.1) is 10.2 Å². The minimum atomic E-state index is 0.00672. The third kappa shape index (κ3) is 4.50. The molecule has 1 N–H and O–H groups in total. The Morgan fingerprint density at radius 3 is 2.65 bits per heavy atom. The zero-order chi connectivity index (χ0) is 14.4. The third-order valence-corrected chi connectivity index (χ3v) is 5.60. The van der Waals surface area contributed by atoms with Crippen LogP contribution in [0, 0.1) is 0 Å². The normalized spacial score (nSPS) is 12.1. The number of rotatable bonds is 6. The van der Waals surface area contributed by atoms with Gasteiger partial charge in [-0.25, -0.2) is 0 Å². The van der Waals surface area contributed by atoms with E-state index in [9.17, 15) is 4.79 Å². The number of thioether (sulfide) groups is 2. The van der Waals surface area contributed by atoms with E-state index in [1.807, 2.05) is 43.5 Å². The lowest BCUT2D eigenvalue weighted by molar-refractivity contribution is -0.119. The second-order valence-corrected chi connectivity index (χ2v) is 7.28. The zero-order valence-electron chi connectivity index (χ0n) is 11.2. The van der Waals surface area contributed by atoms with E-state index in [2.05, 4.69) is 15.5 Å². The second-order valence-electron chi connectivity index (χ2n) is 4.03. The van der Waals surface area contributed by atoms with Crippen molar-refractivity contribution in [3.8, 4) is 0 Å². The molecule has 0 fully saturated rings. The van der Waals surface area contributed by atoms with Crippen LogP contribution in [0.1, 0.15) is 18.5 Å². The van der Waals surface area contributed by atoms with Gasteiger partial charge in [0.25, 0.3) is 0 Å². The molecule has 106 valence electrons. The predicted octanol–water partition coefficient (Wildman–Crippen LogP) is 3.23. The Bertz CT molecular complexity index is 559. The van der Waals surface area contributed by atoms with Crippen molar-refractivity contribution in [3.05, 3.63) is 35.9 Å². The van der Waals surface area contributed by atoms with E-state index >= 15 is 0 Å². The highest BCUT2D eigenvalue weighted by Crippen LogP contribution is 2.27. The Labute approximate surface area is 130 Å². The fourth-order valence-corrected chi connectivity index (χ4v) is 3.82. The molecule has 0 bridgehead atoms. The molecule has 0 radical (unpaired) electrons. The van der Waals surface area contributed by atoms with E-state index in [0.29, 0.717) is 5.75 Å². The van der Waals surface area contributed by atoms with Gasteiger partial charge < -0.3 is 5.32 Å². The minimum Gasteiger partial charge on any atom is -0.349 e. The number of carbonyl (C=O) groups is 1. The van der Waals surface area contributed by atoms with Gasteiger partial charge in [-0.05, 0) is 18.7 Å². The number of benzene rings is 1. The van der Waals surface area contributed by atoms with Gasteiger partial charge >= 0.3 is 0 Å². The van der Waals surface area contributed by atoms with Crippen LogP contribution in [0.5, 0.6) is 0 Å². The van der Waals surface area contributed by atoms with Crippen LogP contribution < -0.4 is 5.32 Å². The number of nitrogens with one attached hydrogen (secondary N) is 1. The summed E-state index contributed by atoms with van der Waals surface area (Å²) in [4.78, 5) is 11.9. The molecule has 20 heavy (non-hydrogen) atoms. The standard InChI is InChI=1S/C13H15N3OS3/c1-9(10-6-4-3-5-7-10)14-11(17)8-19-13-16-15-12(18-2)20-13/h3-7,9H,8H2,1-2H3,(H,14,17). The Kier molecular flexibility index (Phi) is 5.87. The summed E-state index contributed by atoms with van der Waals surface area (Å²) >= 11 is 4.50. The summed E-state index contributed by atoms with van der Waals surface area (Å²) in [5, 5.41) is 11.0. The van der Waals surface area contributed by atoms with E-state index in [-0.39, 0.29) is 11.9 Å². The molecule has 4 nitrogen and oxygen atoms in total. The highest BCUT2D eigenvalue weighted by Gasteiger charge is 2.11. The summed E-state index contributed by atoms with van der Waals surface area (Å²) in [6.07, 6.45) is 1.96. The molecule has 0 aliphatic heterocycles. The highest BCUT2D eigenvalue weighted by molar-refractivity contribution is 8.03. The molecule has 2 aromatic rings. The molecule has 0 spiro atoms. The van der Waals surface area contributed by atoms with Crippen molar-refractivity contribution in [2.45, 2.75) is 21.6 Å². The van der Waals surface area contributed by atoms with E-state index < -0.39 is 0 Å². The highest BCUT2D eigenvalue weighted by atomic mass is 32.2. The lowest BCUT2D eigenvalue weighted by Crippen LogP contribution is -2.28. The molecular formula is C13H15N3OS3. The van der Waals surface area contributed by atoms with E-state index in [0.717, 1.165) is 14.2 Å². The minimum absolute atomic E-state index is 0.00672. The summed E-state index contributed by atoms with van der Waals surface area (Å²) in [5.74, 6) is 0.368. The molecule has 7 heteroatoms. The summed E-state index contributed by atoms with van der Waals surface area (Å²) in [6.45, 7) is 1.98. The van der Waals surface area contributed by atoms with Crippen LogP contribution in [0.25, 0.3) is 0 Å². The first-order valence-corrected chi connectivity index (χ1v) is 9.06. The molecule has 1 aromatic carbocycles. The fraction of sp³-hybridized carbons (Fsp3) is 0.308. The van der Waals surface area contributed by atoms with Crippen molar-refractivity contribution in [3.63, 3.8) is 0 Å². The summed E-state index contributed by atoms with van der Waals surface area (Å²) in [6, 6.07) is 9.93. The molecule has 1 atom stereocenters. The molecule has 0 saturated heterocycles. The average Bonchev–Trinajstić information content (AvgIpc) is 2.94. The van der Waals surface area contributed by atoms with Gasteiger partial charge in [-0.2, -0.15) is 0 Å². The van der Waals surface area contributed by atoms with Gasteiger partial charge in [-0.3, -0.25) is 4.79 Å². The van der Waals surface area contributed by atoms with Crippen LogP contribution in [0.3, 0.4) is 0 Å². The molecular weight excluding hydrogens is 310 g/mol. The first-order chi connectivity index (χ1) is 9.69. The second kappa shape index (κ2) is 7.66. The summed E-state index contributed by atoms with van der Waals surface area (Å²) in [5.41, 5.74) is 1.10. The van der Waals surface area contributed by atoms with E-state index in [1.54, 1.807) is 11.8 Å². The number of aromatic nitrogens is 2. The number of carbonyl (C=O) groups excluding carboxylic acids is 1. The maximum atomic E-state index is 11.9. The zero-order valence-corrected chi connectivity index (χ0v) is 13.6. The smallest absolute Gasteiger partial charge is 0.230 e. The largest absolute Gasteiger partial charge is 0.349 e. The van der Waals surface area contributed by atoms with Gasteiger partial charge in [0, 0.05) is 0 Å². The monoisotopic (exact) mass is 325 g/mol. The van der Waals surface area contributed by atoms with Gasteiger partial charge in [0.2, 0.25) is 5.91 Å². The molecule has 1 unspecified atom stereocenters. The first-order valence-electron chi connectivity index (χ1n) is 6.03. The van der Waals surface area contributed by atoms with E-state index in [1.165, 1.54) is 23.1 Å². The Morgan fingerprint density at radius 2 is 2.00 bits per heavy atom. The molecule has 0 saturated carbocycles. The average molecular weight is 325 g/mol. The van der Waals surface area contributed by atoms with Gasteiger partial charge in [0.05, 0.1) is 11.8 Å². The van der Waals surface area contributed by atoms with E-state index in [4.69, 9.17) is 0 Å². The molecule has 2 rings (SSSR count). The SMILES string of the molecule is CSc1nnc(SCC(=O)NC(C)c2ccccc2)s1. The van der Waals surface area contributed by atoms with Crippen molar-refractivity contribution in [1.82, 2.24) is 15.5 Å². The molecule has 1 heterocycles. The fourth-order valence-electron chi connectivity index (χ4n) is 1.57. The maximum Gasteiger partial charge on any atom is 0.230 e. The van der Waals surface area contributed by atoms with Crippen LogP contribution in [-0.4, -0.2) is 28.1 Å². The van der Waals surface area contributed by atoms with Gasteiger partial charge in [0.15, 0.2) is 8.68 Å². The maximum absolute atomic E-state index is 11.9. The van der Waals surface area contributed by atoms with Crippen molar-refractivity contribution in [1.29, 1.82) is 0 Å². The number of amides is 1. The van der Waals surface area contributed by atoms with Gasteiger partial charge in [-0.1, -0.05) is 65.2 Å². The first kappa shape index (κ1) is 15.3. The number of hydrogen-bond acceptors (Lipinski definition) is 6. The summed E-state index contributed by atoms with van der Waals surface area (Å²) in [7, 11) is 0. The van der Waals surface area contributed by atoms with Crippen LogP contribution in [-0.2, 0) is 4.79 Å². The van der Waals surface area contributed by atoms with Gasteiger partial charge in [0.1, 0.15) is 0 Å². The van der Waals surface area contributed by atoms with Crippen LogP contribution in [0.15, 0.2) is 39.0 Å². The molecule has 0 aliphatic carbocycles. The lowest BCUT2D eigenvalue weighted by Gasteiger charge is -2.13. The third-order valence-electron chi connectivity index (χ3n) is 2.57. The lowest BCUT2D eigenvalue weighted by atomic mass is 10.1. The molecule has 1 aromatic heterocycles. The van der Waals surface area contributed by atoms with Crippen molar-refractivity contribution >= 4 is 40.8 Å². The Balaban J connectivity index is 1.80. The molecule has 0 aliphatic rings. The van der Waals surface area contributed by atoms with Crippen molar-refractivity contribution in [2.24, 2.45) is 0 Å². The number of nitrogens with zero attached hydrogens (tertiary/aromatic N) is 2. The van der Waals surface area contributed by atoms with Crippen LogP contribution in [0.4, 0.5) is 0 Å². The van der Waals surface area contributed by atoms with Crippen molar-refractivity contribution in [2.75, 3.05) is 12.0 Å². The quantitative estimate of drug-likeness (QED) is 0.826. The topological polar surface area (TPSA) is 54.9 Å². The van der Waals surface area contributed by atoms with Crippen molar-refractivity contribution < 1.29 is 4.79 Å². The predicted molar refractivity (Wildman–Crippen MR) is 85.4 cm³/mol. The van der Waals surface area contributed by atoms with Crippen LogP contribution >= 0.6 is 34.9 Å². The summed E-state index contributed by atoms with van der Waals surface area (Å²) < 4.78 is 1.75.